The van der Waals surface area contributed by atoms with Gasteiger partial charge in [-0.1, -0.05) is 48.0 Å². The first-order valence-corrected chi connectivity index (χ1v) is 9.89. The number of anilines is 1. The minimum absolute atomic E-state index is 0.0266. The van der Waals surface area contributed by atoms with Crippen LogP contribution in [0.25, 0.3) is 10.8 Å². The molecule has 8 heteroatoms. The van der Waals surface area contributed by atoms with Crippen LogP contribution >= 0.6 is 11.6 Å². The number of rotatable bonds is 5. The number of hydrogen-bond acceptors (Lipinski definition) is 4. The first kappa shape index (κ1) is 19.2. The van der Waals surface area contributed by atoms with Crippen molar-refractivity contribution in [3.63, 3.8) is 0 Å². The van der Waals surface area contributed by atoms with Crippen molar-refractivity contribution in [3.05, 3.63) is 71.8 Å². The van der Waals surface area contributed by atoms with Gasteiger partial charge in [-0.05, 0) is 48.0 Å². The van der Waals surface area contributed by atoms with E-state index in [1.165, 1.54) is 30.6 Å². The lowest BCUT2D eigenvalue weighted by Crippen LogP contribution is -2.47. The van der Waals surface area contributed by atoms with Gasteiger partial charge in [-0.25, -0.2) is 13.9 Å². The van der Waals surface area contributed by atoms with Crippen LogP contribution in [0.4, 0.5) is 5.69 Å². The smallest absolute Gasteiger partial charge is 0.266 e. The molecule has 0 aliphatic carbocycles. The third kappa shape index (κ3) is 3.75. The lowest BCUT2D eigenvalue weighted by molar-refractivity contribution is -0.129. The summed E-state index contributed by atoms with van der Waals surface area (Å²) in [7, 11) is -4.11. The summed E-state index contributed by atoms with van der Waals surface area (Å²) in [6.07, 6.45) is 0. The zero-order chi connectivity index (χ0) is 19.6. The minimum atomic E-state index is -4.11. The molecule has 27 heavy (non-hydrogen) atoms. The molecule has 0 unspecified atom stereocenters. The van der Waals surface area contributed by atoms with Gasteiger partial charge in [0, 0.05) is 5.02 Å². The highest BCUT2D eigenvalue weighted by atomic mass is 35.5. The molecule has 0 saturated carbocycles. The molecule has 0 aliphatic heterocycles. The maximum absolute atomic E-state index is 13.4. The third-order valence-corrected chi connectivity index (χ3v) is 6.31. The summed E-state index contributed by atoms with van der Waals surface area (Å²) in [4.78, 5) is 12.0. The summed E-state index contributed by atoms with van der Waals surface area (Å²) in [5.74, 6) is -0.862. The predicted molar refractivity (Wildman–Crippen MR) is 104 cm³/mol. The number of halogens is 1. The van der Waals surface area contributed by atoms with Crippen LogP contribution in [0.3, 0.4) is 0 Å². The second-order valence-electron chi connectivity index (χ2n) is 5.94. The molecule has 6 nitrogen and oxygen atoms in total. The van der Waals surface area contributed by atoms with Crippen molar-refractivity contribution in [2.24, 2.45) is 0 Å². The number of benzene rings is 3. The number of carbonyl (C=O) groups excluding carboxylic acids is 1. The van der Waals surface area contributed by atoms with Crippen LogP contribution in [0.5, 0.6) is 0 Å². The Morgan fingerprint density at radius 3 is 2.41 bits per heavy atom. The number of carbonyl (C=O) groups is 1. The SMILES string of the molecule is C[C@@H](C(=O)NO)N(c1cccc(Cl)c1)S(=O)(=O)c1ccc2ccccc2c1. The molecule has 0 bridgehead atoms. The minimum Gasteiger partial charge on any atom is -0.289 e. The van der Waals surface area contributed by atoms with E-state index in [1.807, 2.05) is 24.3 Å². The number of sulfonamides is 1. The number of fused-ring (bicyclic) bond motifs is 1. The van der Waals surface area contributed by atoms with Crippen LogP contribution < -0.4 is 9.79 Å². The fourth-order valence-corrected chi connectivity index (χ4v) is 4.66. The lowest BCUT2D eigenvalue weighted by atomic mass is 10.1. The van der Waals surface area contributed by atoms with Gasteiger partial charge in [0.2, 0.25) is 0 Å². The molecule has 1 amide bonds. The Morgan fingerprint density at radius 2 is 1.74 bits per heavy atom. The van der Waals surface area contributed by atoms with Crippen LogP contribution in [-0.2, 0) is 14.8 Å². The molecular formula is C19H17ClN2O4S. The zero-order valence-corrected chi connectivity index (χ0v) is 15.9. The van der Waals surface area contributed by atoms with E-state index in [0.717, 1.165) is 15.1 Å². The summed E-state index contributed by atoms with van der Waals surface area (Å²) in [6, 6.07) is 17.1. The number of nitrogens with one attached hydrogen (secondary N) is 1. The highest BCUT2D eigenvalue weighted by Crippen LogP contribution is 2.30. The molecule has 0 aromatic heterocycles. The molecule has 2 N–H and O–H groups in total. The highest BCUT2D eigenvalue weighted by molar-refractivity contribution is 7.93. The van der Waals surface area contributed by atoms with Gasteiger partial charge in [-0.2, -0.15) is 0 Å². The van der Waals surface area contributed by atoms with Crippen molar-refractivity contribution >= 4 is 44.0 Å². The van der Waals surface area contributed by atoms with Gasteiger partial charge in [-0.3, -0.25) is 14.3 Å². The van der Waals surface area contributed by atoms with Crippen LogP contribution in [0.2, 0.25) is 5.02 Å². The fraction of sp³-hybridized carbons (Fsp3) is 0.105. The van der Waals surface area contributed by atoms with Crippen molar-refractivity contribution in [1.82, 2.24) is 5.48 Å². The molecule has 140 valence electrons. The molecule has 0 aliphatic rings. The van der Waals surface area contributed by atoms with Crippen molar-refractivity contribution < 1.29 is 18.4 Å². The van der Waals surface area contributed by atoms with Gasteiger partial charge < -0.3 is 0 Å². The Labute approximate surface area is 162 Å². The normalized spacial score (nSPS) is 12.6. The van der Waals surface area contributed by atoms with Gasteiger partial charge in [0.15, 0.2) is 0 Å². The summed E-state index contributed by atoms with van der Waals surface area (Å²) >= 11 is 6.01. The van der Waals surface area contributed by atoms with Crippen LogP contribution in [-0.4, -0.2) is 25.6 Å². The monoisotopic (exact) mass is 404 g/mol. The summed E-state index contributed by atoms with van der Waals surface area (Å²) in [5.41, 5.74) is 1.72. The summed E-state index contributed by atoms with van der Waals surface area (Å²) in [6.45, 7) is 1.38. The number of hydrogen-bond donors (Lipinski definition) is 2. The average molecular weight is 405 g/mol. The second kappa shape index (κ2) is 7.56. The first-order valence-electron chi connectivity index (χ1n) is 8.07. The fourth-order valence-electron chi connectivity index (χ4n) is 2.83. The van der Waals surface area contributed by atoms with E-state index in [-0.39, 0.29) is 10.6 Å². The Bertz CT molecular complexity index is 1100. The zero-order valence-electron chi connectivity index (χ0n) is 14.3. The van der Waals surface area contributed by atoms with E-state index in [1.54, 1.807) is 24.3 Å². The Hall–Kier alpha value is -2.61. The molecule has 0 fully saturated rings. The molecule has 3 aromatic rings. The predicted octanol–water partition coefficient (Wildman–Crippen LogP) is 3.58. The Balaban J connectivity index is 2.17. The van der Waals surface area contributed by atoms with Crippen molar-refractivity contribution in [1.29, 1.82) is 0 Å². The summed E-state index contributed by atoms with van der Waals surface area (Å²) in [5, 5.41) is 11.0. The van der Waals surface area contributed by atoms with Gasteiger partial charge in [0.1, 0.15) is 6.04 Å². The topological polar surface area (TPSA) is 86.7 Å². The van der Waals surface area contributed by atoms with Crippen LogP contribution in [0.1, 0.15) is 6.92 Å². The Kier molecular flexibility index (Phi) is 5.36. The second-order valence-corrected chi connectivity index (χ2v) is 8.19. The van der Waals surface area contributed by atoms with E-state index < -0.39 is 22.0 Å². The van der Waals surface area contributed by atoms with Crippen molar-refractivity contribution in [2.75, 3.05) is 4.31 Å². The number of hydroxylamine groups is 1. The molecular weight excluding hydrogens is 388 g/mol. The Morgan fingerprint density at radius 1 is 1.04 bits per heavy atom. The van der Waals surface area contributed by atoms with Gasteiger partial charge in [-0.15, -0.1) is 0 Å². The third-order valence-electron chi connectivity index (χ3n) is 4.18. The molecule has 0 radical (unpaired) electrons. The standard InChI is InChI=1S/C19H17ClN2O4S/c1-13(19(23)21-24)22(17-8-4-7-16(20)12-17)27(25,26)18-10-9-14-5-2-3-6-15(14)11-18/h2-13,24H,1H3,(H,21,23)/t13-/m0/s1. The van der Waals surface area contributed by atoms with Gasteiger partial charge in [0.25, 0.3) is 15.9 Å². The molecule has 3 aromatic carbocycles. The number of nitrogens with zero attached hydrogens (tertiary/aromatic N) is 1. The van der Waals surface area contributed by atoms with E-state index in [9.17, 15) is 13.2 Å². The maximum atomic E-state index is 13.4. The van der Waals surface area contributed by atoms with E-state index in [2.05, 4.69) is 0 Å². The van der Waals surface area contributed by atoms with E-state index >= 15 is 0 Å². The summed E-state index contributed by atoms with van der Waals surface area (Å²) < 4.78 is 27.7. The van der Waals surface area contributed by atoms with E-state index in [4.69, 9.17) is 16.8 Å². The lowest BCUT2D eigenvalue weighted by Gasteiger charge is -2.29. The largest absolute Gasteiger partial charge is 0.289 e. The average Bonchev–Trinajstić information content (AvgIpc) is 2.66. The van der Waals surface area contributed by atoms with Crippen LogP contribution in [0.15, 0.2) is 71.6 Å². The molecule has 0 heterocycles. The molecule has 0 saturated heterocycles. The van der Waals surface area contributed by atoms with Gasteiger partial charge >= 0.3 is 0 Å². The van der Waals surface area contributed by atoms with E-state index in [0.29, 0.717) is 5.02 Å². The quantitative estimate of drug-likeness (QED) is 0.502. The number of amides is 1. The maximum Gasteiger partial charge on any atom is 0.266 e. The molecule has 0 spiro atoms. The van der Waals surface area contributed by atoms with Crippen molar-refractivity contribution in [2.45, 2.75) is 17.9 Å². The van der Waals surface area contributed by atoms with Crippen LogP contribution in [0, 0.1) is 0 Å². The molecule has 1 atom stereocenters. The first-order chi connectivity index (χ1) is 12.8. The van der Waals surface area contributed by atoms with Crippen molar-refractivity contribution in [3.8, 4) is 0 Å². The van der Waals surface area contributed by atoms with Gasteiger partial charge in [0.05, 0.1) is 10.6 Å². The highest BCUT2D eigenvalue weighted by Gasteiger charge is 2.33. The molecule has 3 rings (SSSR count).